The van der Waals surface area contributed by atoms with Gasteiger partial charge in [-0.15, -0.1) is 0 Å². The summed E-state index contributed by atoms with van der Waals surface area (Å²) in [5.41, 5.74) is 6.23. The van der Waals surface area contributed by atoms with E-state index in [0.717, 1.165) is 23.3 Å². The number of nitrogens with two attached hydrogens (primary N) is 1. The van der Waals surface area contributed by atoms with Crippen molar-refractivity contribution in [1.29, 1.82) is 0 Å². The van der Waals surface area contributed by atoms with Gasteiger partial charge in [-0.1, -0.05) is 6.92 Å². The SMILES string of the molecule is C[C@@H]1CCN(S(=O)(=O)CCN)C[C@@H]1N(C)c1ncnc2[nH]ccc12. The van der Waals surface area contributed by atoms with Gasteiger partial charge < -0.3 is 15.6 Å². The number of hydrogen-bond acceptors (Lipinski definition) is 6. The van der Waals surface area contributed by atoms with E-state index >= 15 is 0 Å². The highest BCUT2D eigenvalue weighted by atomic mass is 32.2. The molecule has 9 heteroatoms. The molecule has 0 saturated carbocycles. The van der Waals surface area contributed by atoms with Crippen LogP contribution in [-0.4, -0.2) is 66.2 Å². The van der Waals surface area contributed by atoms with Crippen LogP contribution in [0.4, 0.5) is 5.82 Å². The van der Waals surface area contributed by atoms with Crippen LogP contribution >= 0.6 is 0 Å². The van der Waals surface area contributed by atoms with E-state index in [-0.39, 0.29) is 18.3 Å². The van der Waals surface area contributed by atoms with Crippen LogP contribution in [0, 0.1) is 5.92 Å². The van der Waals surface area contributed by atoms with Crippen molar-refractivity contribution >= 4 is 26.9 Å². The zero-order chi connectivity index (χ0) is 17.3. The maximum absolute atomic E-state index is 12.4. The third-order valence-electron chi connectivity index (χ3n) is 4.82. The molecule has 0 aliphatic carbocycles. The molecule has 0 aromatic carbocycles. The molecule has 3 heterocycles. The number of likely N-dealkylation sites (N-methyl/N-ethyl adjacent to an activating group) is 1. The third kappa shape index (κ3) is 3.11. The Morgan fingerprint density at radius 2 is 2.25 bits per heavy atom. The average Bonchev–Trinajstić information content (AvgIpc) is 3.03. The Bertz CT molecular complexity index is 805. The van der Waals surface area contributed by atoms with Gasteiger partial charge >= 0.3 is 0 Å². The molecule has 2 atom stereocenters. The third-order valence-corrected chi connectivity index (χ3v) is 6.69. The first-order valence-electron chi connectivity index (χ1n) is 8.13. The Labute approximate surface area is 142 Å². The predicted molar refractivity (Wildman–Crippen MR) is 94.3 cm³/mol. The van der Waals surface area contributed by atoms with Gasteiger partial charge in [0, 0.05) is 38.9 Å². The van der Waals surface area contributed by atoms with E-state index < -0.39 is 10.0 Å². The number of anilines is 1. The first-order chi connectivity index (χ1) is 11.4. The van der Waals surface area contributed by atoms with Crippen molar-refractivity contribution < 1.29 is 8.42 Å². The number of piperidine rings is 1. The van der Waals surface area contributed by atoms with E-state index in [9.17, 15) is 8.42 Å². The second-order valence-corrected chi connectivity index (χ2v) is 8.43. The van der Waals surface area contributed by atoms with Gasteiger partial charge in [0.1, 0.15) is 17.8 Å². The van der Waals surface area contributed by atoms with Gasteiger partial charge in [-0.3, -0.25) is 0 Å². The van der Waals surface area contributed by atoms with Gasteiger partial charge in [0.05, 0.1) is 11.1 Å². The molecule has 1 fully saturated rings. The molecule has 8 nitrogen and oxygen atoms in total. The number of aromatic amines is 1. The van der Waals surface area contributed by atoms with Crippen molar-refractivity contribution in [2.24, 2.45) is 11.7 Å². The lowest BCUT2D eigenvalue weighted by atomic mass is 9.93. The Hall–Kier alpha value is -1.71. The monoisotopic (exact) mass is 352 g/mol. The minimum atomic E-state index is -3.29. The van der Waals surface area contributed by atoms with Crippen LogP contribution in [0.1, 0.15) is 13.3 Å². The summed E-state index contributed by atoms with van der Waals surface area (Å²) < 4.78 is 26.3. The predicted octanol–water partition coefficient (Wildman–Crippen LogP) is 0.393. The highest BCUT2D eigenvalue weighted by molar-refractivity contribution is 7.89. The van der Waals surface area contributed by atoms with Crippen molar-refractivity contribution in [1.82, 2.24) is 19.3 Å². The fraction of sp³-hybridized carbons (Fsp3) is 0.600. The maximum Gasteiger partial charge on any atom is 0.215 e. The van der Waals surface area contributed by atoms with Crippen LogP contribution in [0.25, 0.3) is 11.0 Å². The Kier molecular flexibility index (Phi) is 4.75. The Morgan fingerprint density at radius 3 is 3.00 bits per heavy atom. The molecule has 0 bridgehead atoms. The van der Waals surface area contributed by atoms with Crippen LogP contribution < -0.4 is 10.6 Å². The maximum atomic E-state index is 12.4. The summed E-state index contributed by atoms with van der Waals surface area (Å²) in [6, 6.07) is 2.00. The molecular weight excluding hydrogens is 328 g/mol. The zero-order valence-electron chi connectivity index (χ0n) is 14.0. The number of rotatable bonds is 5. The highest BCUT2D eigenvalue weighted by Gasteiger charge is 2.35. The first-order valence-corrected chi connectivity index (χ1v) is 9.73. The Balaban J connectivity index is 1.88. The van der Waals surface area contributed by atoms with Crippen molar-refractivity contribution in [3.8, 4) is 0 Å². The standard InChI is InChI=1S/C15H24N6O2S/c1-11-4-7-21(24(22,23)8-5-16)9-13(11)20(2)15-12-3-6-17-14(12)18-10-19-15/h3,6,10-11,13H,4-5,7-9,16H2,1-2H3,(H,17,18,19)/t11-,13+/m1/s1. The molecular formula is C15H24N6O2S. The molecule has 24 heavy (non-hydrogen) atoms. The van der Waals surface area contributed by atoms with Crippen molar-refractivity contribution in [2.75, 3.05) is 37.3 Å². The number of nitrogens with one attached hydrogen (secondary N) is 1. The number of H-pyrrole nitrogens is 1. The smallest absolute Gasteiger partial charge is 0.215 e. The largest absolute Gasteiger partial charge is 0.354 e. The van der Waals surface area contributed by atoms with Gasteiger partial charge in [0.25, 0.3) is 0 Å². The van der Waals surface area contributed by atoms with Gasteiger partial charge in [-0.05, 0) is 18.4 Å². The molecule has 0 spiro atoms. The quantitative estimate of drug-likeness (QED) is 0.806. The molecule has 1 aliphatic rings. The van der Waals surface area contributed by atoms with Crippen molar-refractivity contribution in [2.45, 2.75) is 19.4 Å². The lowest BCUT2D eigenvalue weighted by molar-refractivity contribution is 0.247. The van der Waals surface area contributed by atoms with Gasteiger partial charge in [-0.2, -0.15) is 4.31 Å². The first kappa shape index (κ1) is 17.1. The summed E-state index contributed by atoms with van der Waals surface area (Å²) in [5, 5.41) is 0.939. The lowest BCUT2D eigenvalue weighted by Gasteiger charge is -2.41. The van der Waals surface area contributed by atoms with Crippen LogP contribution in [0.3, 0.4) is 0 Å². The summed E-state index contributed by atoms with van der Waals surface area (Å²) in [6.07, 6.45) is 4.18. The fourth-order valence-electron chi connectivity index (χ4n) is 3.35. The summed E-state index contributed by atoms with van der Waals surface area (Å²) in [6.45, 7) is 3.31. The summed E-state index contributed by atoms with van der Waals surface area (Å²) in [4.78, 5) is 13.8. The molecule has 0 unspecified atom stereocenters. The minimum absolute atomic E-state index is 0.00657. The van der Waals surface area contributed by atoms with Crippen LogP contribution in [0.15, 0.2) is 18.6 Å². The van der Waals surface area contributed by atoms with Crippen LogP contribution in [0.5, 0.6) is 0 Å². The van der Waals surface area contributed by atoms with Crippen molar-refractivity contribution in [3.05, 3.63) is 18.6 Å². The van der Waals surface area contributed by atoms with Gasteiger partial charge in [0.15, 0.2) is 0 Å². The summed E-state index contributed by atoms with van der Waals surface area (Å²) >= 11 is 0. The fourth-order valence-corrected chi connectivity index (χ4v) is 4.67. The molecule has 132 valence electrons. The summed E-state index contributed by atoms with van der Waals surface area (Å²) in [5.74, 6) is 1.17. The molecule has 1 aliphatic heterocycles. The summed E-state index contributed by atoms with van der Waals surface area (Å²) in [7, 11) is -1.33. The molecule has 2 aromatic heterocycles. The molecule has 0 amide bonds. The van der Waals surface area contributed by atoms with Gasteiger partial charge in [-0.25, -0.2) is 18.4 Å². The topological polar surface area (TPSA) is 108 Å². The molecule has 1 saturated heterocycles. The lowest BCUT2D eigenvalue weighted by Crippen LogP contribution is -2.53. The number of aromatic nitrogens is 3. The van der Waals surface area contributed by atoms with Crippen LogP contribution in [0.2, 0.25) is 0 Å². The number of fused-ring (bicyclic) bond motifs is 1. The molecule has 0 radical (unpaired) electrons. The van der Waals surface area contributed by atoms with E-state index in [2.05, 4.69) is 26.8 Å². The van der Waals surface area contributed by atoms with E-state index in [1.54, 1.807) is 4.31 Å². The molecule has 3 rings (SSSR count). The van der Waals surface area contributed by atoms with Crippen molar-refractivity contribution in [3.63, 3.8) is 0 Å². The molecule has 3 N–H and O–H groups in total. The number of sulfonamides is 1. The normalized spacial score (nSPS) is 22.8. The van der Waals surface area contributed by atoms with E-state index in [1.165, 1.54) is 6.33 Å². The Morgan fingerprint density at radius 1 is 1.46 bits per heavy atom. The number of nitrogens with zero attached hydrogens (tertiary/aromatic N) is 4. The highest BCUT2D eigenvalue weighted by Crippen LogP contribution is 2.29. The second kappa shape index (κ2) is 6.66. The van der Waals surface area contributed by atoms with E-state index in [1.807, 2.05) is 19.3 Å². The number of hydrogen-bond donors (Lipinski definition) is 2. The second-order valence-electron chi connectivity index (χ2n) is 6.34. The van der Waals surface area contributed by atoms with E-state index in [0.29, 0.717) is 19.0 Å². The van der Waals surface area contributed by atoms with E-state index in [4.69, 9.17) is 5.73 Å². The van der Waals surface area contributed by atoms with Gasteiger partial charge in [0.2, 0.25) is 10.0 Å². The minimum Gasteiger partial charge on any atom is -0.354 e. The van der Waals surface area contributed by atoms with Crippen LogP contribution in [-0.2, 0) is 10.0 Å². The average molecular weight is 352 g/mol. The molecule has 2 aromatic rings. The zero-order valence-corrected chi connectivity index (χ0v) is 14.8.